The van der Waals surface area contributed by atoms with Crippen molar-refractivity contribution in [2.24, 2.45) is 0 Å². The number of fused-ring (bicyclic) bond motifs is 3. The van der Waals surface area contributed by atoms with Crippen molar-refractivity contribution in [3.05, 3.63) is 69.8 Å². The highest BCUT2D eigenvalue weighted by Gasteiger charge is 2.17. The SMILES string of the molecule is Cc1ccc(NC(=O)CSc2nnc3cc(C)c4ccccc4n23)c([N+](=O)[O-])c1. The van der Waals surface area contributed by atoms with Gasteiger partial charge < -0.3 is 5.32 Å². The number of aromatic nitrogens is 3. The van der Waals surface area contributed by atoms with Crippen LogP contribution < -0.4 is 5.32 Å². The van der Waals surface area contributed by atoms with Crippen LogP contribution in [0.15, 0.2) is 53.7 Å². The smallest absolute Gasteiger partial charge is 0.293 e. The highest BCUT2D eigenvalue weighted by atomic mass is 32.2. The summed E-state index contributed by atoms with van der Waals surface area (Å²) >= 11 is 1.23. The Morgan fingerprint density at radius 1 is 1.17 bits per heavy atom. The first-order valence-corrected chi connectivity index (χ1v) is 9.84. The van der Waals surface area contributed by atoms with Crippen molar-refractivity contribution in [3.8, 4) is 0 Å². The van der Waals surface area contributed by atoms with Gasteiger partial charge in [-0.3, -0.25) is 19.3 Å². The molecule has 2 aromatic carbocycles. The number of nitrogens with zero attached hydrogens (tertiary/aromatic N) is 4. The van der Waals surface area contributed by atoms with Crippen LogP contribution in [-0.4, -0.2) is 31.2 Å². The number of pyridine rings is 1. The van der Waals surface area contributed by atoms with E-state index in [0.29, 0.717) is 10.8 Å². The molecule has 2 aromatic heterocycles. The van der Waals surface area contributed by atoms with E-state index in [1.807, 2.05) is 41.7 Å². The van der Waals surface area contributed by atoms with Crippen molar-refractivity contribution in [1.29, 1.82) is 0 Å². The summed E-state index contributed by atoms with van der Waals surface area (Å²) in [5.41, 5.74) is 3.57. The molecule has 0 unspecified atom stereocenters. The summed E-state index contributed by atoms with van der Waals surface area (Å²) in [5.74, 6) is -0.302. The molecule has 1 N–H and O–H groups in total. The molecular formula is C20H17N5O3S. The van der Waals surface area contributed by atoms with E-state index in [0.717, 1.165) is 22.0 Å². The highest BCUT2D eigenvalue weighted by molar-refractivity contribution is 7.99. The number of hydrogen-bond acceptors (Lipinski definition) is 6. The van der Waals surface area contributed by atoms with E-state index in [1.54, 1.807) is 19.1 Å². The maximum atomic E-state index is 12.4. The zero-order chi connectivity index (χ0) is 20.5. The predicted molar refractivity (Wildman–Crippen MR) is 112 cm³/mol. The van der Waals surface area contributed by atoms with E-state index in [-0.39, 0.29) is 23.0 Å². The van der Waals surface area contributed by atoms with Crippen LogP contribution in [0.5, 0.6) is 0 Å². The van der Waals surface area contributed by atoms with E-state index >= 15 is 0 Å². The standard InChI is InChI=1S/C20H17N5O3S/c1-12-7-8-15(17(9-12)25(27)28)21-19(26)11-29-20-23-22-18-10-13(2)14-5-3-4-6-16(14)24(18)20/h3-10H,11H2,1-2H3,(H,21,26). The van der Waals surface area contributed by atoms with Crippen LogP contribution in [-0.2, 0) is 4.79 Å². The first kappa shape index (κ1) is 18.9. The van der Waals surface area contributed by atoms with Crippen LogP contribution in [0.4, 0.5) is 11.4 Å². The normalized spacial score (nSPS) is 11.1. The fourth-order valence-electron chi connectivity index (χ4n) is 3.18. The van der Waals surface area contributed by atoms with Gasteiger partial charge in [0.05, 0.1) is 16.2 Å². The number of carbonyl (C=O) groups excluding carboxylic acids is 1. The molecule has 146 valence electrons. The second-order valence-electron chi connectivity index (χ2n) is 6.64. The molecule has 0 aliphatic carbocycles. The summed E-state index contributed by atoms with van der Waals surface area (Å²) < 4.78 is 1.91. The minimum atomic E-state index is -0.504. The van der Waals surface area contributed by atoms with Crippen molar-refractivity contribution >= 4 is 45.6 Å². The molecule has 0 aliphatic rings. The number of benzene rings is 2. The lowest BCUT2D eigenvalue weighted by Gasteiger charge is -2.08. The molecule has 0 saturated heterocycles. The summed E-state index contributed by atoms with van der Waals surface area (Å²) in [6, 6.07) is 14.6. The predicted octanol–water partition coefficient (Wildman–Crippen LogP) is 4.14. The molecule has 1 amide bonds. The maximum Gasteiger partial charge on any atom is 0.293 e. The number of aryl methyl sites for hydroxylation is 2. The molecule has 0 atom stereocenters. The molecule has 9 heteroatoms. The summed E-state index contributed by atoms with van der Waals surface area (Å²) in [4.78, 5) is 23.1. The Bertz CT molecular complexity index is 1270. The molecule has 29 heavy (non-hydrogen) atoms. The van der Waals surface area contributed by atoms with Crippen molar-refractivity contribution in [1.82, 2.24) is 14.6 Å². The van der Waals surface area contributed by atoms with Crippen LogP contribution in [0.2, 0.25) is 0 Å². The molecule has 0 spiro atoms. The first-order chi connectivity index (χ1) is 13.9. The lowest BCUT2D eigenvalue weighted by Crippen LogP contribution is -2.15. The minimum Gasteiger partial charge on any atom is -0.320 e. The van der Waals surface area contributed by atoms with Gasteiger partial charge in [0.25, 0.3) is 5.69 Å². The van der Waals surface area contributed by atoms with Crippen molar-refractivity contribution in [2.45, 2.75) is 19.0 Å². The Labute approximate surface area is 170 Å². The largest absolute Gasteiger partial charge is 0.320 e. The molecule has 8 nitrogen and oxygen atoms in total. The van der Waals surface area contributed by atoms with Gasteiger partial charge in [-0.2, -0.15) is 0 Å². The fourth-order valence-corrected chi connectivity index (χ4v) is 3.93. The van der Waals surface area contributed by atoms with Gasteiger partial charge in [-0.25, -0.2) is 0 Å². The van der Waals surface area contributed by atoms with Gasteiger partial charge >= 0.3 is 0 Å². The quantitative estimate of drug-likeness (QED) is 0.303. The Morgan fingerprint density at radius 2 is 1.97 bits per heavy atom. The fraction of sp³-hybridized carbons (Fsp3) is 0.150. The van der Waals surface area contributed by atoms with E-state index < -0.39 is 4.92 Å². The molecule has 4 rings (SSSR count). The van der Waals surface area contributed by atoms with Crippen LogP contribution in [0.3, 0.4) is 0 Å². The van der Waals surface area contributed by atoms with Gasteiger partial charge in [-0.05, 0) is 43.2 Å². The van der Waals surface area contributed by atoms with Gasteiger partial charge in [0.1, 0.15) is 5.69 Å². The number of rotatable bonds is 5. The summed E-state index contributed by atoms with van der Waals surface area (Å²) in [5, 5.41) is 23.9. The third kappa shape index (κ3) is 3.64. The summed E-state index contributed by atoms with van der Waals surface area (Å²) in [6.45, 7) is 3.78. The van der Waals surface area contributed by atoms with Crippen LogP contribution in [0, 0.1) is 24.0 Å². The van der Waals surface area contributed by atoms with Crippen LogP contribution in [0.1, 0.15) is 11.1 Å². The van der Waals surface area contributed by atoms with E-state index in [4.69, 9.17) is 0 Å². The number of amides is 1. The molecule has 2 heterocycles. The number of para-hydroxylation sites is 1. The van der Waals surface area contributed by atoms with Crippen LogP contribution >= 0.6 is 11.8 Å². The lowest BCUT2D eigenvalue weighted by molar-refractivity contribution is -0.384. The third-order valence-electron chi connectivity index (χ3n) is 4.53. The molecule has 0 bridgehead atoms. The zero-order valence-electron chi connectivity index (χ0n) is 15.7. The van der Waals surface area contributed by atoms with Gasteiger partial charge in [0.2, 0.25) is 5.91 Å². The number of hydrogen-bond donors (Lipinski definition) is 1. The van der Waals surface area contributed by atoms with E-state index in [9.17, 15) is 14.9 Å². The number of anilines is 1. The van der Waals surface area contributed by atoms with Crippen molar-refractivity contribution < 1.29 is 9.72 Å². The molecular weight excluding hydrogens is 390 g/mol. The van der Waals surface area contributed by atoms with E-state index in [2.05, 4.69) is 15.5 Å². The van der Waals surface area contributed by atoms with Gasteiger partial charge in [0, 0.05) is 11.5 Å². The number of thioether (sulfide) groups is 1. The Hall–Kier alpha value is -3.46. The second-order valence-corrected chi connectivity index (χ2v) is 7.58. The van der Waals surface area contributed by atoms with Gasteiger partial charge in [-0.15, -0.1) is 10.2 Å². The average molecular weight is 407 g/mol. The monoisotopic (exact) mass is 407 g/mol. The summed E-state index contributed by atoms with van der Waals surface area (Å²) in [6.07, 6.45) is 0. The molecule has 0 radical (unpaired) electrons. The van der Waals surface area contributed by atoms with E-state index in [1.165, 1.54) is 17.8 Å². The van der Waals surface area contributed by atoms with Gasteiger partial charge in [0.15, 0.2) is 10.8 Å². The lowest BCUT2D eigenvalue weighted by atomic mass is 10.1. The Morgan fingerprint density at radius 3 is 2.76 bits per heavy atom. The Kier molecular flexibility index (Phi) is 4.89. The summed E-state index contributed by atoms with van der Waals surface area (Å²) in [7, 11) is 0. The molecule has 0 saturated carbocycles. The zero-order valence-corrected chi connectivity index (χ0v) is 16.6. The minimum absolute atomic E-state index is 0.0496. The third-order valence-corrected chi connectivity index (χ3v) is 5.46. The highest BCUT2D eigenvalue weighted by Crippen LogP contribution is 2.27. The number of carbonyl (C=O) groups is 1. The first-order valence-electron chi connectivity index (χ1n) is 8.85. The molecule has 4 aromatic rings. The average Bonchev–Trinajstić information content (AvgIpc) is 3.10. The molecule has 0 fully saturated rings. The number of nitro groups is 1. The van der Waals surface area contributed by atoms with Gasteiger partial charge in [-0.1, -0.05) is 36.0 Å². The molecule has 0 aliphatic heterocycles. The number of nitro benzene ring substituents is 1. The van der Waals surface area contributed by atoms with Crippen molar-refractivity contribution in [3.63, 3.8) is 0 Å². The number of nitrogens with one attached hydrogen (secondary N) is 1. The van der Waals surface area contributed by atoms with Crippen LogP contribution in [0.25, 0.3) is 16.6 Å². The topological polar surface area (TPSA) is 102 Å². The maximum absolute atomic E-state index is 12.4. The Balaban J connectivity index is 1.57. The second kappa shape index (κ2) is 7.51. The van der Waals surface area contributed by atoms with Crippen molar-refractivity contribution in [2.75, 3.05) is 11.1 Å².